The number of fused-ring (bicyclic) bond motifs is 1. The van der Waals surface area contributed by atoms with E-state index in [0.717, 1.165) is 49.3 Å². The first-order valence-electron chi connectivity index (χ1n) is 10.2. The molecule has 1 aliphatic rings. The highest BCUT2D eigenvalue weighted by Crippen LogP contribution is 2.23. The van der Waals surface area contributed by atoms with Crippen molar-refractivity contribution in [3.63, 3.8) is 0 Å². The fourth-order valence-electron chi connectivity index (χ4n) is 3.91. The minimum absolute atomic E-state index is 0.472. The Balaban J connectivity index is 1.57. The van der Waals surface area contributed by atoms with E-state index in [0.29, 0.717) is 12.0 Å². The summed E-state index contributed by atoms with van der Waals surface area (Å²) < 4.78 is 0. The standard InChI is InChI=1S/C22H33N5S/c1-15(2)20(27-11-10-18-8-6-7-9-19(18)14-27)12-24-22(23-5)25-13-21-16(3)26-17(4)28-21/h6-9,15,20H,10-14H2,1-5H3,(H2,23,24,25). The maximum atomic E-state index is 4.50. The number of hydrogen-bond donors (Lipinski definition) is 2. The summed E-state index contributed by atoms with van der Waals surface area (Å²) in [7, 11) is 1.83. The zero-order valence-electron chi connectivity index (χ0n) is 17.7. The van der Waals surface area contributed by atoms with E-state index < -0.39 is 0 Å². The molecule has 2 aromatic rings. The number of aliphatic imine (C=N–C) groups is 1. The van der Waals surface area contributed by atoms with Gasteiger partial charge in [-0.3, -0.25) is 9.89 Å². The predicted molar refractivity (Wildman–Crippen MR) is 119 cm³/mol. The van der Waals surface area contributed by atoms with Crippen molar-refractivity contribution in [3.05, 3.63) is 51.0 Å². The van der Waals surface area contributed by atoms with Crippen LogP contribution < -0.4 is 10.6 Å². The van der Waals surface area contributed by atoms with Crippen LogP contribution in [0.15, 0.2) is 29.3 Å². The van der Waals surface area contributed by atoms with E-state index in [1.807, 2.05) is 7.05 Å². The van der Waals surface area contributed by atoms with Crippen molar-refractivity contribution in [1.29, 1.82) is 0 Å². The largest absolute Gasteiger partial charge is 0.355 e. The first-order valence-corrected chi connectivity index (χ1v) is 11.0. The molecule has 3 rings (SSSR count). The first-order chi connectivity index (χ1) is 13.5. The highest BCUT2D eigenvalue weighted by Gasteiger charge is 2.25. The smallest absolute Gasteiger partial charge is 0.191 e. The van der Waals surface area contributed by atoms with Crippen LogP contribution in [0.3, 0.4) is 0 Å². The van der Waals surface area contributed by atoms with Crippen molar-refractivity contribution in [2.24, 2.45) is 10.9 Å². The Labute approximate surface area is 173 Å². The number of benzene rings is 1. The van der Waals surface area contributed by atoms with E-state index >= 15 is 0 Å². The van der Waals surface area contributed by atoms with Crippen LogP contribution in [0.1, 0.15) is 40.6 Å². The highest BCUT2D eigenvalue weighted by atomic mass is 32.1. The molecule has 2 N–H and O–H groups in total. The summed E-state index contributed by atoms with van der Waals surface area (Å²) in [5.41, 5.74) is 4.08. The topological polar surface area (TPSA) is 52.6 Å². The Kier molecular flexibility index (Phi) is 7.08. The van der Waals surface area contributed by atoms with E-state index in [1.54, 1.807) is 11.3 Å². The summed E-state index contributed by atoms with van der Waals surface area (Å²) >= 11 is 1.75. The number of guanidine groups is 1. The zero-order valence-corrected chi connectivity index (χ0v) is 18.6. The summed E-state index contributed by atoms with van der Waals surface area (Å²) in [5.74, 6) is 1.43. The van der Waals surface area contributed by atoms with E-state index in [4.69, 9.17) is 0 Å². The van der Waals surface area contributed by atoms with Gasteiger partial charge < -0.3 is 10.6 Å². The Morgan fingerprint density at radius 3 is 2.61 bits per heavy atom. The number of rotatable bonds is 6. The molecule has 2 heterocycles. The second-order valence-corrected chi connectivity index (χ2v) is 9.14. The molecule has 28 heavy (non-hydrogen) atoms. The average Bonchev–Trinajstić information content (AvgIpc) is 3.01. The Bertz CT molecular complexity index is 811. The third kappa shape index (κ3) is 5.11. The van der Waals surface area contributed by atoms with Gasteiger partial charge in [-0.05, 0) is 37.3 Å². The second kappa shape index (κ2) is 9.52. The predicted octanol–water partition coefficient (Wildman–Crippen LogP) is 3.51. The lowest BCUT2D eigenvalue weighted by Crippen LogP contribution is -2.50. The Morgan fingerprint density at radius 1 is 1.21 bits per heavy atom. The van der Waals surface area contributed by atoms with Gasteiger partial charge >= 0.3 is 0 Å². The zero-order chi connectivity index (χ0) is 20.1. The molecule has 1 aromatic heterocycles. The third-order valence-corrected chi connectivity index (χ3v) is 6.59. The van der Waals surface area contributed by atoms with Crippen LogP contribution in [0, 0.1) is 19.8 Å². The van der Waals surface area contributed by atoms with Crippen LogP contribution in [0.4, 0.5) is 0 Å². The number of nitrogens with zero attached hydrogens (tertiary/aromatic N) is 3. The molecular formula is C22H33N5S. The molecule has 5 nitrogen and oxygen atoms in total. The maximum Gasteiger partial charge on any atom is 0.191 e. The highest BCUT2D eigenvalue weighted by molar-refractivity contribution is 7.11. The molecule has 6 heteroatoms. The minimum atomic E-state index is 0.472. The number of hydrogen-bond acceptors (Lipinski definition) is 4. The lowest BCUT2D eigenvalue weighted by Gasteiger charge is -2.38. The number of aromatic nitrogens is 1. The van der Waals surface area contributed by atoms with Gasteiger partial charge in [0.15, 0.2) is 5.96 Å². The van der Waals surface area contributed by atoms with Gasteiger partial charge in [-0.1, -0.05) is 38.1 Å². The molecule has 1 aliphatic heterocycles. The van der Waals surface area contributed by atoms with E-state index in [1.165, 1.54) is 16.0 Å². The Morgan fingerprint density at radius 2 is 1.96 bits per heavy atom. The summed E-state index contributed by atoms with van der Waals surface area (Å²) in [6.07, 6.45) is 1.14. The monoisotopic (exact) mass is 399 g/mol. The Hall–Kier alpha value is -1.92. The van der Waals surface area contributed by atoms with Crippen LogP contribution in [0.5, 0.6) is 0 Å². The van der Waals surface area contributed by atoms with Gasteiger partial charge in [-0.15, -0.1) is 11.3 Å². The van der Waals surface area contributed by atoms with Gasteiger partial charge in [0.1, 0.15) is 0 Å². The van der Waals surface area contributed by atoms with Gasteiger partial charge in [0.05, 0.1) is 17.2 Å². The van der Waals surface area contributed by atoms with Crippen molar-refractivity contribution in [1.82, 2.24) is 20.5 Å². The van der Waals surface area contributed by atoms with Crippen molar-refractivity contribution in [2.45, 2.75) is 53.2 Å². The second-order valence-electron chi connectivity index (χ2n) is 7.85. The van der Waals surface area contributed by atoms with E-state index in [9.17, 15) is 0 Å². The van der Waals surface area contributed by atoms with Gasteiger partial charge in [-0.25, -0.2) is 4.98 Å². The molecule has 0 saturated heterocycles. The maximum absolute atomic E-state index is 4.50. The molecule has 1 atom stereocenters. The first kappa shape index (κ1) is 20.8. The van der Waals surface area contributed by atoms with Gasteiger partial charge in [0.25, 0.3) is 0 Å². The van der Waals surface area contributed by atoms with Gasteiger partial charge in [0.2, 0.25) is 0 Å². The van der Waals surface area contributed by atoms with E-state index in [2.05, 4.69) is 77.5 Å². The molecule has 0 aliphatic carbocycles. The molecule has 0 spiro atoms. The van der Waals surface area contributed by atoms with Crippen LogP contribution in [-0.2, 0) is 19.5 Å². The van der Waals surface area contributed by atoms with Gasteiger partial charge in [0, 0.05) is 37.6 Å². The molecule has 0 amide bonds. The van der Waals surface area contributed by atoms with Crippen molar-refractivity contribution < 1.29 is 0 Å². The molecule has 0 fully saturated rings. The van der Waals surface area contributed by atoms with Crippen molar-refractivity contribution in [3.8, 4) is 0 Å². The van der Waals surface area contributed by atoms with Crippen LogP contribution >= 0.6 is 11.3 Å². The van der Waals surface area contributed by atoms with E-state index in [-0.39, 0.29) is 0 Å². The summed E-state index contributed by atoms with van der Waals surface area (Å²) in [6.45, 7) is 12.6. The molecule has 0 radical (unpaired) electrons. The normalized spacial score (nSPS) is 16.1. The number of aryl methyl sites for hydroxylation is 2. The van der Waals surface area contributed by atoms with Crippen LogP contribution in [-0.4, -0.2) is 42.0 Å². The average molecular weight is 400 g/mol. The van der Waals surface area contributed by atoms with Crippen molar-refractivity contribution in [2.75, 3.05) is 20.1 Å². The number of nitrogens with one attached hydrogen (secondary N) is 2. The lowest BCUT2D eigenvalue weighted by atomic mass is 9.95. The fraction of sp³-hybridized carbons (Fsp3) is 0.545. The summed E-state index contributed by atoms with van der Waals surface area (Å²) in [6, 6.07) is 9.31. The molecular weight excluding hydrogens is 366 g/mol. The van der Waals surface area contributed by atoms with Crippen LogP contribution in [0.2, 0.25) is 0 Å². The minimum Gasteiger partial charge on any atom is -0.355 e. The lowest BCUT2D eigenvalue weighted by molar-refractivity contribution is 0.140. The molecule has 1 unspecified atom stereocenters. The summed E-state index contributed by atoms with van der Waals surface area (Å²) in [4.78, 5) is 12.8. The molecule has 0 bridgehead atoms. The SMILES string of the molecule is CN=C(NCc1sc(C)nc1C)NCC(C(C)C)N1CCc2ccccc2C1. The quantitative estimate of drug-likeness (QED) is 0.577. The molecule has 152 valence electrons. The summed E-state index contributed by atoms with van der Waals surface area (Å²) in [5, 5.41) is 8.11. The third-order valence-electron chi connectivity index (χ3n) is 5.52. The van der Waals surface area contributed by atoms with Crippen molar-refractivity contribution >= 4 is 17.3 Å². The molecule has 0 saturated carbocycles. The number of thiazole rings is 1. The van der Waals surface area contributed by atoms with Gasteiger partial charge in [-0.2, -0.15) is 0 Å². The van der Waals surface area contributed by atoms with Crippen LogP contribution in [0.25, 0.3) is 0 Å². The molecule has 1 aromatic carbocycles. The fourth-order valence-corrected chi connectivity index (χ4v) is 4.79.